The van der Waals surface area contributed by atoms with Gasteiger partial charge in [0.15, 0.2) is 0 Å². The standard InChI is InChI=1S/C29H29N5O5/c1-36-21-10-11-25(37-2)19(15-21)18-39-28-23(27(35)31-16-20-7-4-5-13-30-20)17-32-29(33-28)34-14-12-22-24(34)8-6-9-26(22)38-3/h4-11,13,15,17H,12,14,16,18H2,1-3H3,(H,31,35). The van der Waals surface area contributed by atoms with Crippen LogP contribution in [-0.2, 0) is 19.6 Å². The molecule has 10 nitrogen and oxygen atoms in total. The second-order valence-corrected chi connectivity index (χ2v) is 8.72. The summed E-state index contributed by atoms with van der Waals surface area (Å²) < 4.78 is 22.5. The molecule has 0 saturated carbocycles. The second-order valence-electron chi connectivity index (χ2n) is 8.72. The van der Waals surface area contributed by atoms with Crippen molar-refractivity contribution in [1.29, 1.82) is 0 Å². The van der Waals surface area contributed by atoms with Gasteiger partial charge in [0, 0.05) is 30.1 Å². The van der Waals surface area contributed by atoms with E-state index in [0.717, 1.165) is 34.7 Å². The quantitative estimate of drug-likeness (QED) is 0.326. The lowest BCUT2D eigenvalue weighted by Crippen LogP contribution is -2.25. The summed E-state index contributed by atoms with van der Waals surface area (Å²) in [6.45, 7) is 1.02. The number of carbonyl (C=O) groups is 1. The van der Waals surface area contributed by atoms with Gasteiger partial charge in [-0.25, -0.2) is 4.98 Å². The Morgan fingerprint density at radius 1 is 0.974 bits per heavy atom. The monoisotopic (exact) mass is 527 g/mol. The summed E-state index contributed by atoms with van der Waals surface area (Å²) in [5.41, 5.74) is 3.73. The number of methoxy groups -OCH3 is 3. The maximum atomic E-state index is 13.2. The molecule has 0 spiro atoms. The molecule has 0 fully saturated rings. The summed E-state index contributed by atoms with van der Waals surface area (Å²) in [6.07, 6.45) is 3.96. The number of anilines is 2. The highest BCUT2D eigenvalue weighted by Gasteiger charge is 2.27. The number of nitrogens with one attached hydrogen (secondary N) is 1. The van der Waals surface area contributed by atoms with Crippen molar-refractivity contribution in [2.24, 2.45) is 0 Å². The van der Waals surface area contributed by atoms with Crippen LogP contribution in [0.2, 0.25) is 0 Å². The molecule has 1 aliphatic rings. The number of aromatic nitrogens is 3. The number of carbonyl (C=O) groups excluding carboxylic acids is 1. The molecule has 0 bridgehead atoms. The van der Waals surface area contributed by atoms with E-state index in [2.05, 4.69) is 15.3 Å². The molecule has 1 N–H and O–H groups in total. The van der Waals surface area contributed by atoms with Gasteiger partial charge in [0.25, 0.3) is 5.91 Å². The Bertz CT molecular complexity index is 1460. The zero-order valence-electron chi connectivity index (χ0n) is 22.0. The SMILES string of the molecule is COc1ccc(OC)c(COc2nc(N3CCc4c(OC)cccc43)ncc2C(=O)NCc2ccccn2)c1. The van der Waals surface area contributed by atoms with Gasteiger partial charge in [0.2, 0.25) is 11.8 Å². The van der Waals surface area contributed by atoms with E-state index < -0.39 is 0 Å². The minimum atomic E-state index is -0.372. The number of hydrogen-bond donors (Lipinski definition) is 1. The molecule has 1 aliphatic heterocycles. The highest BCUT2D eigenvalue weighted by atomic mass is 16.5. The number of amides is 1. The van der Waals surface area contributed by atoms with Crippen LogP contribution < -0.4 is 29.2 Å². The maximum absolute atomic E-state index is 13.2. The van der Waals surface area contributed by atoms with Gasteiger partial charge < -0.3 is 29.2 Å². The fourth-order valence-corrected chi connectivity index (χ4v) is 4.46. The van der Waals surface area contributed by atoms with Gasteiger partial charge in [0.1, 0.15) is 29.4 Å². The highest BCUT2D eigenvalue weighted by molar-refractivity contribution is 5.96. The van der Waals surface area contributed by atoms with Crippen molar-refractivity contribution in [3.63, 3.8) is 0 Å². The van der Waals surface area contributed by atoms with E-state index in [4.69, 9.17) is 23.9 Å². The average Bonchev–Trinajstić information content (AvgIpc) is 3.43. The molecule has 200 valence electrons. The smallest absolute Gasteiger partial charge is 0.258 e. The van der Waals surface area contributed by atoms with E-state index in [9.17, 15) is 4.79 Å². The zero-order valence-corrected chi connectivity index (χ0v) is 22.0. The number of benzene rings is 2. The minimum Gasteiger partial charge on any atom is -0.497 e. The number of nitrogens with zero attached hydrogens (tertiary/aromatic N) is 4. The fourth-order valence-electron chi connectivity index (χ4n) is 4.46. The first-order valence-electron chi connectivity index (χ1n) is 12.4. The molecular weight excluding hydrogens is 498 g/mol. The van der Waals surface area contributed by atoms with Crippen LogP contribution in [0.4, 0.5) is 11.6 Å². The first kappa shape index (κ1) is 25.8. The third-order valence-corrected chi connectivity index (χ3v) is 6.44. The molecule has 39 heavy (non-hydrogen) atoms. The van der Waals surface area contributed by atoms with Gasteiger partial charge >= 0.3 is 0 Å². The number of ether oxygens (including phenoxy) is 4. The summed E-state index contributed by atoms with van der Waals surface area (Å²) in [6, 6.07) is 16.8. The lowest BCUT2D eigenvalue weighted by molar-refractivity contribution is 0.0944. The molecule has 1 amide bonds. The molecule has 5 rings (SSSR count). The summed E-state index contributed by atoms with van der Waals surface area (Å²) in [7, 11) is 4.84. The Morgan fingerprint density at radius 2 is 1.85 bits per heavy atom. The molecule has 4 aromatic rings. The van der Waals surface area contributed by atoms with Crippen molar-refractivity contribution in [2.45, 2.75) is 19.6 Å². The average molecular weight is 528 g/mol. The van der Waals surface area contributed by atoms with Crippen molar-refractivity contribution in [2.75, 3.05) is 32.8 Å². The Morgan fingerprint density at radius 3 is 2.62 bits per heavy atom. The molecule has 10 heteroatoms. The van der Waals surface area contributed by atoms with Crippen molar-refractivity contribution in [1.82, 2.24) is 20.3 Å². The largest absolute Gasteiger partial charge is 0.497 e. The second kappa shape index (κ2) is 11.7. The predicted octanol–water partition coefficient (Wildman–Crippen LogP) is 4.10. The van der Waals surface area contributed by atoms with Crippen LogP contribution in [0.15, 0.2) is 67.0 Å². The highest BCUT2D eigenvalue weighted by Crippen LogP contribution is 2.38. The summed E-state index contributed by atoms with van der Waals surface area (Å²) >= 11 is 0. The third-order valence-electron chi connectivity index (χ3n) is 6.44. The van der Waals surface area contributed by atoms with Gasteiger partial charge in [0.05, 0.1) is 39.3 Å². The van der Waals surface area contributed by atoms with E-state index in [1.807, 2.05) is 47.4 Å². The molecule has 0 unspecified atom stereocenters. The lowest BCUT2D eigenvalue weighted by Gasteiger charge is -2.19. The Hall–Kier alpha value is -4.86. The van der Waals surface area contributed by atoms with Crippen LogP contribution in [0, 0.1) is 0 Å². The molecule has 0 aliphatic carbocycles. The number of pyridine rings is 1. The first-order chi connectivity index (χ1) is 19.1. The molecule has 0 radical (unpaired) electrons. The topological polar surface area (TPSA) is 108 Å². The normalized spacial score (nSPS) is 12.0. The van der Waals surface area contributed by atoms with E-state index >= 15 is 0 Å². The van der Waals surface area contributed by atoms with Crippen molar-refractivity contribution in [3.8, 4) is 23.1 Å². The van der Waals surface area contributed by atoms with Crippen LogP contribution >= 0.6 is 0 Å². The van der Waals surface area contributed by atoms with Gasteiger partial charge in [-0.2, -0.15) is 4.98 Å². The first-order valence-corrected chi connectivity index (χ1v) is 12.4. The predicted molar refractivity (Wildman–Crippen MR) is 145 cm³/mol. The van der Waals surface area contributed by atoms with Crippen molar-refractivity contribution < 1.29 is 23.7 Å². The van der Waals surface area contributed by atoms with Crippen molar-refractivity contribution in [3.05, 3.63) is 89.4 Å². The van der Waals surface area contributed by atoms with Crippen molar-refractivity contribution >= 4 is 17.5 Å². The fraction of sp³-hybridized carbons (Fsp3) is 0.241. The number of fused-ring (bicyclic) bond motifs is 1. The molecule has 3 heterocycles. The Kier molecular flexibility index (Phi) is 7.72. The Balaban J connectivity index is 1.46. The van der Waals surface area contributed by atoms with E-state index in [0.29, 0.717) is 24.0 Å². The van der Waals surface area contributed by atoms with Gasteiger partial charge in [-0.1, -0.05) is 12.1 Å². The lowest BCUT2D eigenvalue weighted by atomic mass is 10.1. The summed E-state index contributed by atoms with van der Waals surface area (Å²) in [4.78, 5) is 28.7. The van der Waals surface area contributed by atoms with Crippen LogP contribution in [0.5, 0.6) is 23.1 Å². The van der Waals surface area contributed by atoms with Gasteiger partial charge in [-0.15, -0.1) is 0 Å². The third kappa shape index (κ3) is 5.54. The zero-order chi connectivity index (χ0) is 27.2. The molecule has 0 atom stereocenters. The van der Waals surface area contributed by atoms with Gasteiger partial charge in [-0.3, -0.25) is 9.78 Å². The number of hydrogen-bond acceptors (Lipinski definition) is 9. The number of rotatable bonds is 10. The van der Waals surface area contributed by atoms with Crippen LogP contribution in [-0.4, -0.2) is 48.7 Å². The molecule has 0 saturated heterocycles. The van der Waals surface area contributed by atoms with E-state index in [-0.39, 0.29) is 30.5 Å². The maximum Gasteiger partial charge on any atom is 0.258 e. The van der Waals surface area contributed by atoms with Crippen LogP contribution in [0.3, 0.4) is 0 Å². The molecule has 2 aromatic carbocycles. The van der Waals surface area contributed by atoms with Crippen LogP contribution in [0.1, 0.15) is 27.2 Å². The minimum absolute atomic E-state index is 0.0990. The van der Waals surface area contributed by atoms with Crippen LogP contribution in [0.25, 0.3) is 0 Å². The summed E-state index contributed by atoms with van der Waals surface area (Å²) in [5, 5.41) is 2.88. The Labute approximate surface area is 226 Å². The molecular formula is C29H29N5O5. The van der Waals surface area contributed by atoms with Gasteiger partial charge in [-0.05, 0) is 48.9 Å². The van der Waals surface area contributed by atoms with E-state index in [1.165, 1.54) is 6.20 Å². The molecule has 2 aromatic heterocycles. The van der Waals surface area contributed by atoms with E-state index in [1.54, 1.807) is 39.7 Å². The summed E-state index contributed by atoms with van der Waals surface area (Å²) in [5.74, 6) is 2.32.